The van der Waals surface area contributed by atoms with Gasteiger partial charge in [0.1, 0.15) is 10.8 Å². The van der Waals surface area contributed by atoms with Gasteiger partial charge in [0.15, 0.2) is 0 Å². The average molecular weight is 348 g/mol. The number of nitrogens with zero attached hydrogens (tertiary/aromatic N) is 1. The highest BCUT2D eigenvalue weighted by Crippen LogP contribution is 2.33. The Labute approximate surface area is 129 Å². The Hall–Kier alpha value is -1.52. The van der Waals surface area contributed by atoms with Crippen molar-refractivity contribution in [3.05, 3.63) is 63.7 Å². The van der Waals surface area contributed by atoms with Crippen LogP contribution in [0.15, 0.2) is 52.3 Å². The Morgan fingerprint density at radius 2 is 1.80 bits per heavy atom. The first-order valence-electron chi connectivity index (χ1n) is 6.13. The highest BCUT2D eigenvalue weighted by Gasteiger charge is 2.13. The second-order valence-electron chi connectivity index (χ2n) is 4.45. The SMILES string of the molecule is Cc1cccc(-c2nc(-c3ccccc3Br)cs2)c1F. The zero-order valence-corrected chi connectivity index (χ0v) is 13.1. The predicted molar refractivity (Wildman–Crippen MR) is 85.4 cm³/mol. The van der Waals surface area contributed by atoms with Crippen LogP contribution in [0.2, 0.25) is 0 Å². The molecule has 0 unspecified atom stereocenters. The Kier molecular flexibility index (Phi) is 3.68. The van der Waals surface area contributed by atoms with Crippen LogP contribution in [0.1, 0.15) is 5.56 Å². The van der Waals surface area contributed by atoms with Crippen LogP contribution in [-0.2, 0) is 0 Å². The summed E-state index contributed by atoms with van der Waals surface area (Å²) in [5.41, 5.74) is 3.08. The molecule has 4 heteroatoms. The summed E-state index contributed by atoms with van der Waals surface area (Å²) in [6, 6.07) is 13.3. The number of halogens is 2. The summed E-state index contributed by atoms with van der Waals surface area (Å²) in [5.74, 6) is -0.194. The lowest BCUT2D eigenvalue weighted by Crippen LogP contribution is -1.88. The minimum Gasteiger partial charge on any atom is -0.236 e. The summed E-state index contributed by atoms with van der Waals surface area (Å²) in [6.45, 7) is 1.77. The van der Waals surface area contributed by atoms with Crippen molar-refractivity contribution < 1.29 is 4.39 Å². The molecule has 0 aliphatic carbocycles. The van der Waals surface area contributed by atoms with Crippen LogP contribution in [0.5, 0.6) is 0 Å². The lowest BCUT2D eigenvalue weighted by atomic mass is 10.1. The van der Waals surface area contributed by atoms with Gasteiger partial charge in [-0.3, -0.25) is 0 Å². The Morgan fingerprint density at radius 3 is 2.60 bits per heavy atom. The number of thiazole rings is 1. The summed E-state index contributed by atoms with van der Waals surface area (Å²) < 4.78 is 15.1. The third-order valence-corrected chi connectivity index (χ3v) is 4.64. The zero-order valence-electron chi connectivity index (χ0n) is 10.7. The predicted octanol–water partition coefficient (Wildman–Crippen LogP) is 5.69. The van der Waals surface area contributed by atoms with Gasteiger partial charge in [0.25, 0.3) is 0 Å². The van der Waals surface area contributed by atoms with E-state index in [1.165, 1.54) is 11.3 Å². The maximum Gasteiger partial charge on any atom is 0.136 e. The summed E-state index contributed by atoms with van der Waals surface area (Å²) >= 11 is 4.97. The topological polar surface area (TPSA) is 12.9 Å². The lowest BCUT2D eigenvalue weighted by molar-refractivity contribution is 0.622. The fraction of sp³-hybridized carbons (Fsp3) is 0.0625. The van der Waals surface area contributed by atoms with Crippen molar-refractivity contribution in [1.29, 1.82) is 0 Å². The van der Waals surface area contributed by atoms with Gasteiger partial charge < -0.3 is 0 Å². The van der Waals surface area contributed by atoms with Gasteiger partial charge in [-0.2, -0.15) is 0 Å². The zero-order chi connectivity index (χ0) is 14.1. The van der Waals surface area contributed by atoms with Crippen molar-refractivity contribution in [2.75, 3.05) is 0 Å². The van der Waals surface area contributed by atoms with E-state index in [1.807, 2.05) is 35.7 Å². The summed E-state index contributed by atoms with van der Waals surface area (Å²) in [5, 5.41) is 2.66. The van der Waals surface area contributed by atoms with E-state index >= 15 is 0 Å². The molecule has 0 bridgehead atoms. The van der Waals surface area contributed by atoms with Gasteiger partial charge in [-0.1, -0.05) is 46.3 Å². The van der Waals surface area contributed by atoms with Crippen LogP contribution in [0.4, 0.5) is 4.39 Å². The Morgan fingerprint density at radius 1 is 1.05 bits per heavy atom. The van der Waals surface area contributed by atoms with Gasteiger partial charge >= 0.3 is 0 Å². The molecular weight excluding hydrogens is 337 g/mol. The van der Waals surface area contributed by atoms with Gasteiger partial charge in [0.2, 0.25) is 0 Å². The summed E-state index contributed by atoms with van der Waals surface area (Å²) in [4.78, 5) is 4.56. The first-order valence-corrected chi connectivity index (χ1v) is 7.80. The van der Waals surface area contributed by atoms with Crippen molar-refractivity contribution in [2.24, 2.45) is 0 Å². The monoisotopic (exact) mass is 347 g/mol. The first kappa shape index (κ1) is 13.5. The van der Waals surface area contributed by atoms with E-state index in [2.05, 4.69) is 20.9 Å². The van der Waals surface area contributed by atoms with E-state index in [-0.39, 0.29) is 5.82 Å². The first-order chi connectivity index (χ1) is 9.66. The smallest absolute Gasteiger partial charge is 0.136 e. The van der Waals surface area contributed by atoms with E-state index in [0.29, 0.717) is 16.1 Å². The van der Waals surface area contributed by atoms with Gasteiger partial charge in [-0.15, -0.1) is 11.3 Å². The molecule has 1 heterocycles. The molecule has 0 saturated heterocycles. The molecule has 2 aromatic carbocycles. The van der Waals surface area contributed by atoms with Crippen molar-refractivity contribution in [3.8, 4) is 21.8 Å². The number of rotatable bonds is 2. The number of aryl methyl sites for hydroxylation is 1. The number of aromatic nitrogens is 1. The summed E-state index contributed by atoms with van der Waals surface area (Å²) in [7, 11) is 0. The van der Waals surface area contributed by atoms with Crippen LogP contribution >= 0.6 is 27.3 Å². The number of hydrogen-bond donors (Lipinski definition) is 0. The van der Waals surface area contributed by atoms with Gasteiger partial charge in [0, 0.05) is 21.0 Å². The average Bonchev–Trinajstić information content (AvgIpc) is 2.92. The highest BCUT2D eigenvalue weighted by atomic mass is 79.9. The van der Waals surface area contributed by atoms with E-state index < -0.39 is 0 Å². The maximum absolute atomic E-state index is 14.1. The molecule has 0 N–H and O–H groups in total. The third-order valence-electron chi connectivity index (χ3n) is 3.08. The molecule has 0 saturated carbocycles. The van der Waals surface area contributed by atoms with Crippen LogP contribution in [0.3, 0.4) is 0 Å². The van der Waals surface area contributed by atoms with Crippen molar-refractivity contribution in [2.45, 2.75) is 6.92 Å². The van der Waals surface area contributed by atoms with E-state index in [9.17, 15) is 4.39 Å². The van der Waals surface area contributed by atoms with Crippen molar-refractivity contribution >= 4 is 27.3 Å². The minimum atomic E-state index is -0.194. The normalized spacial score (nSPS) is 10.8. The van der Waals surface area contributed by atoms with Crippen molar-refractivity contribution in [3.63, 3.8) is 0 Å². The van der Waals surface area contributed by atoms with Crippen molar-refractivity contribution in [1.82, 2.24) is 4.98 Å². The van der Waals surface area contributed by atoms with E-state index in [1.54, 1.807) is 19.1 Å². The van der Waals surface area contributed by atoms with Crippen LogP contribution in [-0.4, -0.2) is 4.98 Å². The molecule has 0 aliphatic heterocycles. The standard InChI is InChI=1S/C16H11BrFNS/c1-10-5-4-7-12(15(10)18)16-19-14(9-20-16)11-6-2-3-8-13(11)17/h2-9H,1H3. The van der Waals surface area contributed by atoms with Crippen LogP contribution < -0.4 is 0 Å². The molecule has 0 aliphatic rings. The maximum atomic E-state index is 14.1. The Balaban J connectivity index is 2.07. The minimum absolute atomic E-state index is 0.194. The highest BCUT2D eigenvalue weighted by molar-refractivity contribution is 9.10. The lowest BCUT2D eigenvalue weighted by Gasteiger charge is -2.02. The second-order valence-corrected chi connectivity index (χ2v) is 6.17. The molecule has 0 fully saturated rings. The fourth-order valence-corrected chi connectivity index (χ4v) is 3.33. The molecule has 3 aromatic rings. The number of hydrogen-bond acceptors (Lipinski definition) is 2. The third kappa shape index (κ3) is 2.41. The largest absolute Gasteiger partial charge is 0.236 e. The molecule has 0 atom stereocenters. The molecule has 1 aromatic heterocycles. The number of benzene rings is 2. The van der Waals surface area contributed by atoms with E-state index in [4.69, 9.17) is 0 Å². The molecule has 0 amide bonds. The molecule has 0 radical (unpaired) electrons. The molecule has 1 nitrogen and oxygen atoms in total. The Bertz CT molecular complexity index is 767. The summed E-state index contributed by atoms with van der Waals surface area (Å²) in [6.07, 6.45) is 0. The molecule has 100 valence electrons. The van der Waals surface area contributed by atoms with Gasteiger partial charge in [-0.25, -0.2) is 9.37 Å². The van der Waals surface area contributed by atoms with Gasteiger partial charge in [0.05, 0.1) is 5.69 Å². The molecule has 3 rings (SSSR count). The van der Waals surface area contributed by atoms with E-state index in [0.717, 1.165) is 15.7 Å². The molecular formula is C16H11BrFNS. The molecule has 20 heavy (non-hydrogen) atoms. The van der Waals surface area contributed by atoms with Crippen LogP contribution in [0.25, 0.3) is 21.8 Å². The van der Waals surface area contributed by atoms with Gasteiger partial charge in [-0.05, 0) is 24.6 Å². The molecule has 0 spiro atoms. The quantitative estimate of drug-likeness (QED) is 0.580. The fourth-order valence-electron chi connectivity index (χ4n) is 2.00. The second kappa shape index (κ2) is 5.46. The van der Waals surface area contributed by atoms with Crippen LogP contribution in [0, 0.1) is 12.7 Å².